The highest BCUT2D eigenvalue weighted by Crippen LogP contribution is 2.33. The quantitative estimate of drug-likeness (QED) is 0.832. The van der Waals surface area contributed by atoms with Crippen LogP contribution in [0.5, 0.6) is 5.75 Å². The van der Waals surface area contributed by atoms with E-state index in [-0.39, 0.29) is 24.5 Å². The fourth-order valence-corrected chi connectivity index (χ4v) is 2.73. The summed E-state index contributed by atoms with van der Waals surface area (Å²) in [7, 11) is 0. The number of nitrogens with one attached hydrogen (secondary N) is 1. The van der Waals surface area contributed by atoms with E-state index in [1.165, 1.54) is 0 Å². The van der Waals surface area contributed by atoms with Crippen LogP contribution in [0.15, 0.2) is 18.2 Å². The zero-order chi connectivity index (χ0) is 15.6. The number of rotatable bonds is 5. The van der Waals surface area contributed by atoms with Crippen molar-refractivity contribution in [3.05, 3.63) is 23.2 Å². The van der Waals surface area contributed by atoms with Crippen molar-refractivity contribution in [3.63, 3.8) is 0 Å². The van der Waals surface area contributed by atoms with E-state index in [0.29, 0.717) is 37.9 Å². The molecular formula is C15H19ClN2O4. The number of halogens is 1. The largest absolute Gasteiger partial charge is 0.490 e. The van der Waals surface area contributed by atoms with E-state index in [0.717, 1.165) is 11.4 Å². The maximum Gasteiger partial charge on any atom is 0.239 e. The van der Waals surface area contributed by atoms with Crippen molar-refractivity contribution >= 4 is 23.2 Å². The summed E-state index contributed by atoms with van der Waals surface area (Å²) in [6.45, 7) is 2.82. The number of fused-ring (bicyclic) bond motifs is 1. The molecule has 3 rings (SSSR count). The van der Waals surface area contributed by atoms with Crippen molar-refractivity contribution < 1.29 is 19.4 Å². The first kappa shape index (κ1) is 15.4. The van der Waals surface area contributed by atoms with Crippen LogP contribution in [0.2, 0.25) is 5.02 Å². The molecule has 7 heteroatoms. The van der Waals surface area contributed by atoms with Crippen LogP contribution in [0.1, 0.15) is 0 Å². The average molecular weight is 327 g/mol. The lowest BCUT2D eigenvalue weighted by atomic mass is 9.87. The molecule has 1 aromatic carbocycles. The molecule has 0 radical (unpaired) electrons. The second-order valence-corrected chi connectivity index (χ2v) is 6.25. The second kappa shape index (κ2) is 6.32. The predicted octanol–water partition coefficient (Wildman–Crippen LogP) is 0.664. The van der Waals surface area contributed by atoms with E-state index >= 15 is 0 Å². The van der Waals surface area contributed by atoms with E-state index in [4.69, 9.17) is 21.1 Å². The molecule has 0 aromatic heterocycles. The molecule has 0 saturated carbocycles. The van der Waals surface area contributed by atoms with Gasteiger partial charge in [-0.2, -0.15) is 0 Å². The monoisotopic (exact) mass is 326 g/mol. The normalized spacial score (nSPS) is 18.9. The Kier molecular flexibility index (Phi) is 4.42. The molecule has 0 bridgehead atoms. The molecule has 120 valence electrons. The van der Waals surface area contributed by atoms with Gasteiger partial charge in [0.2, 0.25) is 5.91 Å². The average Bonchev–Trinajstić information content (AvgIpc) is 2.47. The SMILES string of the molecule is O=C(CN1CCOc2ccc(Cl)cc21)NCC1(CO)COC1. The standard InChI is InChI=1S/C15H19ClN2O4/c16-11-1-2-13-12(5-11)18(3-4-22-13)6-14(20)17-7-15(8-19)9-21-10-15/h1-2,5,19H,3-4,6-10H2,(H,17,20). The molecule has 2 aliphatic rings. The van der Waals surface area contributed by atoms with E-state index in [1.807, 2.05) is 11.0 Å². The van der Waals surface area contributed by atoms with Crippen molar-refractivity contribution in [2.75, 3.05) is 51.0 Å². The van der Waals surface area contributed by atoms with Gasteiger partial charge in [0.15, 0.2) is 0 Å². The smallest absolute Gasteiger partial charge is 0.239 e. The van der Waals surface area contributed by atoms with Crippen LogP contribution in [0.25, 0.3) is 0 Å². The van der Waals surface area contributed by atoms with E-state index in [2.05, 4.69) is 5.32 Å². The van der Waals surface area contributed by atoms with Gasteiger partial charge in [-0.1, -0.05) is 11.6 Å². The van der Waals surface area contributed by atoms with Crippen molar-refractivity contribution in [3.8, 4) is 5.75 Å². The Morgan fingerprint density at radius 3 is 2.95 bits per heavy atom. The number of hydrogen-bond acceptors (Lipinski definition) is 5. The van der Waals surface area contributed by atoms with Crippen molar-refractivity contribution in [2.24, 2.45) is 5.41 Å². The Hall–Kier alpha value is -1.50. The first-order chi connectivity index (χ1) is 10.6. The van der Waals surface area contributed by atoms with Gasteiger partial charge in [-0.3, -0.25) is 4.79 Å². The molecule has 2 N–H and O–H groups in total. The van der Waals surface area contributed by atoms with Gasteiger partial charge in [0.25, 0.3) is 0 Å². The molecule has 0 spiro atoms. The number of aliphatic hydroxyl groups excluding tert-OH is 1. The minimum Gasteiger partial charge on any atom is -0.490 e. The number of amides is 1. The third-order valence-electron chi connectivity index (χ3n) is 4.03. The zero-order valence-corrected chi connectivity index (χ0v) is 12.9. The van der Waals surface area contributed by atoms with Crippen LogP contribution in [0.3, 0.4) is 0 Å². The lowest BCUT2D eigenvalue weighted by molar-refractivity contribution is -0.140. The van der Waals surface area contributed by atoms with E-state index in [9.17, 15) is 9.90 Å². The number of nitrogens with zero attached hydrogens (tertiary/aromatic N) is 1. The molecule has 6 nitrogen and oxygen atoms in total. The molecule has 2 aliphatic heterocycles. The highest BCUT2D eigenvalue weighted by Gasteiger charge is 2.38. The van der Waals surface area contributed by atoms with Gasteiger partial charge >= 0.3 is 0 Å². The summed E-state index contributed by atoms with van der Waals surface area (Å²) in [5.74, 6) is 0.648. The summed E-state index contributed by atoms with van der Waals surface area (Å²) < 4.78 is 10.7. The van der Waals surface area contributed by atoms with Gasteiger partial charge in [0.05, 0.1) is 44.0 Å². The minimum absolute atomic E-state index is 0.0171. The number of ether oxygens (including phenoxy) is 2. The second-order valence-electron chi connectivity index (χ2n) is 5.81. The lowest BCUT2D eigenvalue weighted by Gasteiger charge is -2.40. The maximum absolute atomic E-state index is 12.2. The van der Waals surface area contributed by atoms with Gasteiger partial charge in [0, 0.05) is 11.6 Å². The molecular weight excluding hydrogens is 308 g/mol. The Morgan fingerprint density at radius 1 is 1.45 bits per heavy atom. The fourth-order valence-electron chi connectivity index (χ4n) is 2.57. The van der Waals surface area contributed by atoms with E-state index in [1.54, 1.807) is 12.1 Å². The maximum atomic E-state index is 12.2. The molecule has 2 heterocycles. The van der Waals surface area contributed by atoms with Crippen LogP contribution >= 0.6 is 11.6 Å². The van der Waals surface area contributed by atoms with Crippen molar-refractivity contribution in [1.29, 1.82) is 0 Å². The van der Waals surface area contributed by atoms with Gasteiger partial charge < -0.3 is 24.8 Å². The van der Waals surface area contributed by atoms with E-state index < -0.39 is 0 Å². The summed E-state index contributed by atoms with van der Waals surface area (Å²) in [6.07, 6.45) is 0. The van der Waals surface area contributed by atoms with Gasteiger partial charge in [0.1, 0.15) is 12.4 Å². The Morgan fingerprint density at radius 2 is 2.27 bits per heavy atom. The fraction of sp³-hybridized carbons (Fsp3) is 0.533. The molecule has 1 saturated heterocycles. The first-order valence-electron chi connectivity index (χ1n) is 7.24. The molecule has 22 heavy (non-hydrogen) atoms. The Bertz CT molecular complexity index is 557. The number of carbonyl (C=O) groups excluding carboxylic acids is 1. The third kappa shape index (κ3) is 3.14. The summed E-state index contributed by atoms with van der Waals surface area (Å²) in [4.78, 5) is 14.1. The highest BCUT2D eigenvalue weighted by molar-refractivity contribution is 6.31. The molecule has 1 amide bonds. The van der Waals surface area contributed by atoms with Crippen LogP contribution in [-0.2, 0) is 9.53 Å². The zero-order valence-electron chi connectivity index (χ0n) is 12.2. The van der Waals surface area contributed by atoms with Gasteiger partial charge in [-0.15, -0.1) is 0 Å². The first-order valence-corrected chi connectivity index (χ1v) is 7.62. The number of hydrogen-bond donors (Lipinski definition) is 2. The van der Waals surface area contributed by atoms with Crippen LogP contribution in [-0.4, -0.2) is 57.1 Å². The Balaban J connectivity index is 1.59. The van der Waals surface area contributed by atoms with Crippen LogP contribution in [0.4, 0.5) is 5.69 Å². The number of carbonyl (C=O) groups is 1. The lowest BCUT2D eigenvalue weighted by Crippen LogP contribution is -2.54. The molecule has 0 atom stereocenters. The summed E-state index contributed by atoms with van der Waals surface area (Å²) in [5.41, 5.74) is 0.514. The number of benzene rings is 1. The molecule has 1 fully saturated rings. The summed E-state index contributed by atoms with van der Waals surface area (Å²) in [5, 5.41) is 12.8. The molecule has 0 unspecified atom stereocenters. The van der Waals surface area contributed by atoms with Crippen molar-refractivity contribution in [1.82, 2.24) is 5.32 Å². The number of aliphatic hydroxyl groups is 1. The van der Waals surface area contributed by atoms with Crippen LogP contribution < -0.4 is 15.0 Å². The number of anilines is 1. The topological polar surface area (TPSA) is 71.0 Å². The van der Waals surface area contributed by atoms with Crippen LogP contribution in [0, 0.1) is 5.41 Å². The molecule has 0 aliphatic carbocycles. The minimum atomic E-state index is -0.318. The summed E-state index contributed by atoms with van der Waals surface area (Å²) >= 11 is 6.02. The molecule has 1 aromatic rings. The third-order valence-corrected chi connectivity index (χ3v) is 4.26. The van der Waals surface area contributed by atoms with Crippen molar-refractivity contribution in [2.45, 2.75) is 0 Å². The Labute approximate surface area is 134 Å². The summed E-state index contributed by atoms with van der Waals surface area (Å²) in [6, 6.07) is 5.39. The van der Waals surface area contributed by atoms with Gasteiger partial charge in [-0.25, -0.2) is 0 Å². The predicted molar refractivity (Wildman–Crippen MR) is 82.5 cm³/mol. The van der Waals surface area contributed by atoms with Gasteiger partial charge in [-0.05, 0) is 18.2 Å². The highest BCUT2D eigenvalue weighted by atomic mass is 35.5.